The summed E-state index contributed by atoms with van der Waals surface area (Å²) in [6.07, 6.45) is 10.5. The van der Waals surface area contributed by atoms with Crippen LogP contribution in [-0.4, -0.2) is 5.11 Å². The summed E-state index contributed by atoms with van der Waals surface area (Å²) in [4.78, 5) is 0. The monoisotopic (exact) mass is 276 g/mol. The highest BCUT2D eigenvalue weighted by Crippen LogP contribution is 2.36. The van der Waals surface area contributed by atoms with Crippen molar-refractivity contribution < 1.29 is 5.11 Å². The van der Waals surface area contributed by atoms with Crippen LogP contribution >= 0.6 is 0 Å². The molecule has 0 atom stereocenters. The predicted octanol–water partition coefficient (Wildman–Crippen LogP) is 6.12. The van der Waals surface area contributed by atoms with Gasteiger partial charge in [-0.3, -0.25) is 0 Å². The lowest BCUT2D eigenvalue weighted by Gasteiger charge is -2.27. The lowest BCUT2D eigenvalue weighted by molar-refractivity contribution is 0.403. The molecule has 0 saturated heterocycles. The van der Waals surface area contributed by atoms with E-state index in [1.165, 1.54) is 44.9 Å². The standard InChI is InChI=1S/C19H32O/c1-5-6-7-8-9-10-11-15-19(3,4)17-14-12-13-16(2)18(17)20/h12-14,20H,5-11,15H2,1-4H3. The van der Waals surface area contributed by atoms with Gasteiger partial charge in [0, 0.05) is 0 Å². The zero-order chi connectivity index (χ0) is 15.0. The Morgan fingerprint density at radius 2 is 1.55 bits per heavy atom. The highest BCUT2D eigenvalue weighted by Gasteiger charge is 2.23. The molecule has 1 aromatic rings. The maximum absolute atomic E-state index is 10.2. The van der Waals surface area contributed by atoms with Gasteiger partial charge in [-0.2, -0.15) is 0 Å². The predicted molar refractivity (Wildman–Crippen MR) is 88.5 cm³/mol. The van der Waals surface area contributed by atoms with Gasteiger partial charge in [0.1, 0.15) is 5.75 Å². The van der Waals surface area contributed by atoms with Gasteiger partial charge < -0.3 is 5.11 Å². The molecule has 0 radical (unpaired) electrons. The van der Waals surface area contributed by atoms with Crippen LogP contribution in [0.4, 0.5) is 0 Å². The summed E-state index contributed by atoms with van der Waals surface area (Å²) in [6.45, 7) is 8.73. The van der Waals surface area contributed by atoms with Crippen LogP contribution in [0, 0.1) is 6.92 Å². The number of aryl methyl sites for hydroxylation is 1. The van der Waals surface area contributed by atoms with E-state index in [-0.39, 0.29) is 5.41 Å². The molecule has 0 spiro atoms. The Morgan fingerprint density at radius 3 is 2.20 bits per heavy atom. The number of benzene rings is 1. The molecule has 1 heteroatoms. The average molecular weight is 276 g/mol. The van der Waals surface area contributed by atoms with E-state index < -0.39 is 0 Å². The summed E-state index contributed by atoms with van der Waals surface area (Å²) >= 11 is 0. The van der Waals surface area contributed by atoms with Gasteiger partial charge in [-0.1, -0.05) is 83.9 Å². The van der Waals surface area contributed by atoms with Crippen molar-refractivity contribution in [2.45, 2.75) is 84.5 Å². The fourth-order valence-corrected chi connectivity index (χ4v) is 2.86. The molecule has 0 saturated carbocycles. The number of unbranched alkanes of at least 4 members (excludes halogenated alkanes) is 6. The Balaban J connectivity index is 2.40. The summed E-state index contributed by atoms with van der Waals surface area (Å²) in [7, 11) is 0. The largest absolute Gasteiger partial charge is 0.507 e. The van der Waals surface area contributed by atoms with Crippen LogP contribution in [0.5, 0.6) is 5.75 Å². The number of aromatic hydroxyl groups is 1. The number of hydrogen-bond donors (Lipinski definition) is 1. The Labute approximate surface area is 125 Å². The summed E-state index contributed by atoms with van der Waals surface area (Å²) in [5.41, 5.74) is 2.15. The molecule has 1 nitrogen and oxygen atoms in total. The first-order valence-corrected chi connectivity index (χ1v) is 8.28. The topological polar surface area (TPSA) is 20.2 Å². The normalized spacial score (nSPS) is 11.8. The van der Waals surface area contributed by atoms with Gasteiger partial charge in [-0.15, -0.1) is 0 Å². The maximum Gasteiger partial charge on any atom is 0.122 e. The van der Waals surface area contributed by atoms with Crippen molar-refractivity contribution in [1.82, 2.24) is 0 Å². The second-order valence-corrected chi connectivity index (χ2v) is 6.73. The molecule has 0 amide bonds. The molecule has 0 unspecified atom stereocenters. The molecule has 0 aliphatic heterocycles. The number of rotatable bonds is 9. The van der Waals surface area contributed by atoms with Crippen LogP contribution in [0.15, 0.2) is 18.2 Å². The molecule has 0 aliphatic carbocycles. The highest BCUT2D eigenvalue weighted by atomic mass is 16.3. The minimum atomic E-state index is 0.0690. The van der Waals surface area contributed by atoms with Gasteiger partial charge >= 0.3 is 0 Å². The third-order valence-electron chi connectivity index (χ3n) is 4.37. The number of hydrogen-bond acceptors (Lipinski definition) is 1. The lowest BCUT2D eigenvalue weighted by Crippen LogP contribution is -2.17. The number of para-hydroxylation sites is 1. The Kier molecular flexibility index (Phi) is 7.12. The molecule has 0 heterocycles. The van der Waals surface area contributed by atoms with Crippen LogP contribution in [0.1, 0.15) is 83.3 Å². The van der Waals surface area contributed by atoms with Crippen molar-refractivity contribution in [3.05, 3.63) is 29.3 Å². The highest BCUT2D eigenvalue weighted by molar-refractivity contribution is 5.43. The second-order valence-electron chi connectivity index (χ2n) is 6.73. The molecule has 20 heavy (non-hydrogen) atoms. The average Bonchev–Trinajstić information content (AvgIpc) is 2.40. The number of phenolic OH excluding ortho intramolecular Hbond substituents is 1. The Morgan fingerprint density at radius 1 is 0.950 bits per heavy atom. The van der Waals surface area contributed by atoms with E-state index in [0.29, 0.717) is 5.75 Å². The molecule has 0 aromatic heterocycles. The van der Waals surface area contributed by atoms with Crippen molar-refractivity contribution in [3.8, 4) is 5.75 Å². The zero-order valence-electron chi connectivity index (χ0n) is 13.8. The van der Waals surface area contributed by atoms with E-state index in [1.807, 2.05) is 13.0 Å². The van der Waals surface area contributed by atoms with E-state index in [4.69, 9.17) is 0 Å². The Hall–Kier alpha value is -0.980. The lowest BCUT2D eigenvalue weighted by atomic mass is 9.79. The molecule has 114 valence electrons. The van der Waals surface area contributed by atoms with Crippen molar-refractivity contribution >= 4 is 0 Å². The molecule has 0 bridgehead atoms. The van der Waals surface area contributed by atoms with E-state index in [9.17, 15) is 5.11 Å². The first kappa shape index (κ1) is 17.1. The first-order valence-electron chi connectivity index (χ1n) is 8.28. The minimum Gasteiger partial charge on any atom is -0.507 e. The van der Waals surface area contributed by atoms with E-state index in [0.717, 1.165) is 17.5 Å². The van der Waals surface area contributed by atoms with Gasteiger partial charge in [0.25, 0.3) is 0 Å². The third-order valence-corrected chi connectivity index (χ3v) is 4.37. The van der Waals surface area contributed by atoms with Crippen LogP contribution in [-0.2, 0) is 5.41 Å². The van der Waals surface area contributed by atoms with Crippen molar-refractivity contribution in [1.29, 1.82) is 0 Å². The van der Waals surface area contributed by atoms with Crippen molar-refractivity contribution in [2.75, 3.05) is 0 Å². The maximum atomic E-state index is 10.2. The van der Waals surface area contributed by atoms with Crippen LogP contribution in [0.3, 0.4) is 0 Å². The molecule has 0 aliphatic rings. The third kappa shape index (κ3) is 5.19. The second kappa shape index (κ2) is 8.34. The molecule has 1 rings (SSSR count). The molecule has 1 N–H and O–H groups in total. The van der Waals surface area contributed by atoms with E-state index >= 15 is 0 Å². The van der Waals surface area contributed by atoms with Crippen LogP contribution in [0.25, 0.3) is 0 Å². The summed E-state index contributed by atoms with van der Waals surface area (Å²) in [5, 5.41) is 10.2. The summed E-state index contributed by atoms with van der Waals surface area (Å²) < 4.78 is 0. The van der Waals surface area contributed by atoms with Gasteiger partial charge in [-0.25, -0.2) is 0 Å². The summed E-state index contributed by atoms with van der Waals surface area (Å²) in [5.74, 6) is 0.487. The smallest absolute Gasteiger partial charge is 0.122 e. The van der Waals surface area contributed by atoms with Crippen LogP contribution < -0.4 is 0 Å². The summed E-state index contributed by atoms with van der Waals surface area (Å²) in [6, 6.07) is 6.10. The van der Waals surface area contributed by atoms with E-state index in [2.05, 4.69) is 32.9 Å². The van der Waals surface area contributed by atoms with Crippen molar-refractivity contribution in [3.63, 3.8) is 0 Å². The Bertz CT molecular complexity index is 393. The first-order chi connectivity index (χ1) is 9.49. The molecule has 1 aromatic carbocycles. The molecular weight excluding hydrogens is 244 g/mol. The van der Waals surface area contributed by atoms with Crippen LogP contribution in [0.2, 0.25) is 0 Å². The SMILES string of the molecule is CCCCCCCCCC(C)(C)c1cccc(C)c1O. The van der Waals surface area contributed by atoms with Gasteiger partial charge in [0.15, 0.2) is 0 Å². The fourth-order valence-electron chi connectivity index (χ4n) is 2.86. The number of phenols is 1. The molecule has 0 fully saturated rings. The van der Waals surface area contributed by atoms with Crippen molar-refractivity contribution in [2.24, 2.45) is 0 Å². The minimum absolute atomic E-state index is 0.0690. The van der Waals surface area contributed by atoms with Gasteiger partial charge in [0.2, 0.25) is 0 Å². The zero-order valence-corrected chi connectivity index (χ0v) is 13.8. The fraction of sp³-hybridized carbons (Fsp3) is 0.684. The molecular formula is C19H32O. The quantitative estimate of drug-likeness (QED) is 0.539. The van der Waals surface area contributed by atoms with E-state index in [1.54, 1.807) is 0 Å². The van der Waals surface area contributed by atoms with Gasteiger partial charge in [0.05, 0.1) is 0 Å². The van der Waals surface area contributed by atoms with Gasteiger partial charge in [-0.05, 0) is 29.9 Å².